The molecule has 0 aliphatic carbocycles. The summed E-state index contributed by atoms with van der Waals surface area (Å²) in [6, 6.07) is 16.0. The maximum Gasteiger partial charge on any atom is 0.195 e. The molecule has 0 radical (unpaired) electrons. The van der Waals surface area contributed by atoms with E-state index in [-0.39, 0.29) is 5.78 Å². The molecule has 0 aliphatic rings. The van der Waals surface area contributed by atoms with Crippen molar-refractivity contribution in [2.75, 3.05) is 0 Å². The first-order valence-electron chi connectivity index (χ1n) is 8.26. The molecule has 0 spiro atoms. The number of aromatic nitrogens is 1. The smallest absolute Gasteiger partial charge is 0.195 e. The van der Waals surface area contributed by atoms with Crippen LogP contribution >= 0.6 is 0 Å². The minimum absolute atomic E-state index is 0.114. The Bertz CT molecular complexity index is 842. The minimum atomic E-state index is 0.114. The van der Waals surface area contributed by atoms with Gasteiger partial charge in [0.05, 0.1) is 0 Å². The Labute approximate surface area is 137 Å². The third kappa shape index (κ3) is 3.07. The number of hydrogen-bond donors (Lipinski definition) is 0. The van der Waals surface area contributed by atoms with Gasteiger partial charge in [0.2, 0.25) is 0 Å². The van der Waals surface area contributed by atoms with Crippen molar-refractivity contribution in [1.82, 2.24) is 4.57 Å². The van der Waals surface area contributed by atoms with Crippen molar-refractivity contribution < 1.29 is 4.79 Å². The first-order valence-corrected chi connectivity index (χ1v) is 8.26. The van der Waals surface area contributed by atoms with Gasteiger partial charge in [0.15, 0.2) is 5.78 Å². The topological polar surface area (TPSA) is 22.0 Å². The molecule has 3 aromatic rings. The van der Waals surface area contributed by atoms with E-state index in [2.05, 4.69) is 24.5 Å². The van der Waals surface area contributed by atoms with Gasteiger partial charge in [-0.1, -0.05) is 56.3 Å². The molecule has 118 valence electrons. The first kappa shape index (κ1) is 15.5. The summed E-state index contributed by atoms with van der Waals surface area (Å²) >= 11 is 0. The molecule has 3 rings (SSSR count). The van der Waals surface area contributed by atoms with Crippen LogP contribution in [-0.4, -0.2) is 10.4 Å². The zero-order valence-electron chi connectivity index (χ0n) is 14.0. The number of hydrogen-bond acceptors (Lipinski definition) is 1. The normalized spacial score (nSPS) is 11.3. The summed E-state index contributed by atoms with van der Waals surface area (Å²) in [5.74, 6) is 0.759. The van der Waals surface area contributed by atoms with Gasteiger partial charge in [0.1, 0.15) is 0 Å². The van der Waals surface area contributed by atoms with Gasteiger partial charge in [0, 0.05) is 34.8 Å². The summed E-state index contributed by atoms with van der Waals surface area (Å²) in [6.45, 7) is 7.39. The summed E-state index contributed by atoms with van der Waals surface area (Å²) in [6.07, 6.45) is 3.14. The second kappa shape index (κ2) is 6.41. The second-order valence-electron chi connectivity index (χ2n) is 6.58. The average molecular weight is 305 g/mol. The van der Waals surface area contributed by atoms with E-state index in [4.69, 9.17) is 0 Å². The zero-order chi connectivity index (χ0) is 16.4. The number of fused-ring (bicyclic) bond motifs is 1. The van der Waals surface area contributed by atoms with Crippen molar-refractivity contribution in [2.24, 2.45) is 5.92 Å². The highest BCUT2D eigenvalue weighted by atomic mass is 16.1. The van der Waals surface area contributed by atoms with Crippen molar-refractivity contribution >= 4 is 16.7 Å². The highest BCUT2D eigenvalue weighted by Gasteiger charge is 2.17. The van der Waals surface area contributed by atoms with Crippen LogP contribution in [0.2, 0.25) is 0 Å². The Morgan fingerprint density at radius 1 is 1.00 bits per heavy atom. The lowest BCUT2D eigenvalue weighted by atomic mass is 9.99. The second-order valence-corrected chi connectivity index (χ2v) is 6.58. The number of rotatable bonds is 5. The van der Waals surface area contributed by atoms with Gasteiger partial charge >= 0.3 is 0 Å². The quantitative estimate of drug-likeness (QED) is 0.592. The Hall–Kier alpha value is -2.35. The van der Waals surface area contributed by atoms with E-state index in [1.54, 1.807) is 0 Å². The molecule has 0 amide bonds. The van der Waals surface area contributed by atoms with Crippen LogP contribution < -0.4 is 0 Å². The molecule has 2 nitrogen and oxygen atoms in total. The Morgan fingerprint density at radius 3 is 2.43 bits per heavy atom. The van der Waals surface area contributed by atoms with E-state index in [1.165, 1.54) is 0 Å². The molecule has 2 aromatic carbocycles. The van der Waals surface area contributed by atoms with Gasteiger partial charge < -0.3 is 4.57 Å². The predicted octanol–water partition coefficient (Wildman–Crippen LogP) is 5.23. The molecule has 0 aliphatic heterocycles. The van der Waals surface area contributed by atoms with E-state index in [9.17, 15) is 4.79 Å². The number of nitrogens with zero attached hydrogens (tertiary/aromatic N) is 1. The lowest BCUT2D eigenvalue weighted by Crippen LogP contribution is -2.03. The molecule has 1 heterocycles. The highest BCUT2D eigenvalue weighted by molar-refractivity contribution is 6.17. The number of benzene rings is 2. The number of ketones is 1. The van der Waals surface area contributed by atoms with E-state index < -0.39 is 0 Å². The highest BCUT2D eigenvalue weighted by Crippen LogP contribution is 2.25. The standard InChI is InChI=1S/C21H23NO/c1-15(2)12-13-22-14-19(18-10-6-7-11-20(18)22)21(23)17-9-5-4-8-16(17)3/h4-11,14-15H,12-13H2,1-3H3. The van der Waals surface area contributed by atoms with Gasteiger partial charge in [-0.3, -0.25) is 4.79 Å². The number of aryl methyl sites for hydroxylation is 2. The lowest BCUT2D eigenvalue weighted by molar-refractivity contribution is 0.103. The third-order valence-electron chi connectivity index (χ3n) is 4.37. The maximum absolute atomic E-state index is 13.0. The van der Waals surface area contributed by atoms with Crippen LogP contribution in [0.1, 0.15) is 41.8 Å². The van der Waals surface area contributed by atoms with Crippen LogP contribution in [0.4, 0.5) is 0 Å². The summed E-state index contributed by atoms with van der Waals surface area (Å²) in [7, 11) is 0. The SMILES string of the molecule is Cc1ccccc1C(=O)c1cn(CCC(C)C)c2ccccc12. The fraction of sp³-hybridized carbons (Fsp3) is 0.286. The number of para-hydroxylation sites is 1. The van der Waals surface area contributed by atoms with Crippen molar-refractivity contribution in [3.63, 3.8) is 0 Å². The van der Waals surface area contributed by atoms with Gasteiger partial charge in [-0.05, 0) is 30.9 Å². The molecular weight excluding hydrogens is 282 g/mol. The molecule has 0 unspecified atom stereocenters. The van der Waals surface area contributed by atoms with E-state index in [0.717, 1.165) is 40.6 Å². The summed E-state index contributed by atoms with van der Waals surface area (Å²) in [5.41, 5.74) is 3.76. The molecule has 0 N–H and O–H groups in total. The molecule has 0 bridgehead atoms. The average Bonchev–Trinajstić information content (AvgIpc) is 2.92. The Morgan fingerprint density at radius 2 is 1.70 bits per heavy atom. The van der Waals surface area contributed by atoms with Crippen molar-refractivity contribution in [2.45, 2.75) is 33.7 Å². The van der Waals surface area contributed by atoms with Crippen LogP contribution in [0.15, 0.2) is 54.7 Å². The Kier molecular flexibility index (Phi) is 4.33. The van der Waals surface area contributed by atoms with Crippen molar-refractivity contribution in [1.29, 1.82) is 0 Å². The van der Waals surface area contributed by atoms with Crippen LogP contribution in [0, 0.1) is 12.8 Å². The molecule has 2 heteroatoms. The van der Waals surface area contributed by atoms with E-state index in [0.29, 0.717) is 5.92 Å². The monoisotopic (exact) mass is 305 g/mol. The van der Waals surface area contributed by atoms with Crippen molar-refractivity contribution in [3.8, 4) is 0 Å². The number of carbonyl (C=O) groups excluding carboxylic acids is 1. The van der Waals surface area contributed by atoms with E-state index >= 15 is 0 Å². The fourth-order valence-corrected chi connectivity index (χ4v) is 2.98. The zero-order valence-corrected chi connectivity index (χ0v) is 14.0. The van der Waals surface area contributed by atoms with Crippen LogP contribution in [0.3, 0.4) is 0 Å². The molecule has 0 atom stereocenters. The summed E-state index contributed by atoms with van der Waals surface area (Å²) < 4.78 is 2.22. The van der Waals surface area contributed by atoms with Crippen LogP contribution in [0.5, 0.6) is 0 Å². The summed E-state index contributed by atoms with van der Waals surface area (Å²) in [4.78, 5) is 13.0. The van der Waals surface area contributed by atoms with Crippen LogP contribution in [-0.2, 0) is 6.54 Å². The van der Waals surface area contributed by atoms with E-state index in [1.807, 2.05) is 55.6 Å². The van der Waals surface area contributed by atoms with Gasteiger partial charge in [-0.2, -0.15) is 0 Å². The summed E-state index contributed by atoms with van der Waals surface area (Å²) in [5, 5.41) is 1.05. The molecule has 0 saturated heterocycles. The Balaban J connectivity index is 2.07. The number of carbonyl (C=O) groups is 1. The maximum atomic E-state index is 13.0. The largest absolute Gasteiger partial charge is 0.347 e. The third-order valence-corrected chi connectivity index (χ3v) is 4.37. The first-order chi connectivity index (χ1) is 11.1. The molecular formula is C21H23NO. The van der Waals surface area contributed by atoms with Gasteiger partial charge in [-0.15, -0.1) is 0 Å². The van der Waals surface area contributed by atoms with Crippen LogP contribution in [0.25, 0.3) is 10.9 Å². The minimum Gasteiger partial charge on any atom is -0.347 e. The molecule has 0 fully saturated rings. The van der Waals surface area contributed by atoms with Gasteiger partial charge in [0.25, 0.3) is 0 Å². The lowest BCUT2D eigenvalue weighted by Gasteiger charge is -2.07. The molecule has 23 heavy (non-hydrogen) atoms. The fourth-order valence-electron chi connectivity index (χ4n) is 2.98. The van der Waals surface area contributed by atoms with Crippen molar-refractivity contribution in [3.05, 3.63) is 71.4 Å². The predicted molar refractivity (Wildman–Crippen MR) is 96.0 cm³/mol. The molecule has 0 saturated carbocycles. The molecule has 1 aromatic heterocycles. The van der Waals surface area contributed by atoms with Gasteiger partial charge in [-0.25, -0.2) is 0 Å².